The summed E-state index contributed by atoms with van der Waals surface area (Å²) in [6, 6.07) is 17.2. The average molecular weight is 490 g/mol. The summed E-state index contributed by atoms with van der Waals surface area (Å²) in [5, 5.41) is 8.91. The maximum Gasteiger partial charge on any atom is 0.361 e. The molecule has 0 aliphatic rings. The van der Waals surface area contributed by atoms with Crippen LogP contribution in [-0.2, 0) is 16.2 Å². The van der Waals surface area contributed by atoms with Crippen LogP contribution in [0.2, 0.25) is 25.7 Å². The average Bonchev–Trinajstić information content (AvgIpc) is 3.52. The van der Waals surface area contributed by atoms with Crippen molar-refractivity contribution in [3.8, 4) is 28.1 Å². The van der Waals surface area contributed by atoms with Gasteiger partial charge in [0.2, 0.25) is 0 Å². The molecule has 0 unspecified atom stereocenters. The first-order chi connectivity index (χ1) is 16.8. The predicted molar refractivity (Wildman–Crippen MR) is 138 cm³/mol. The van der Waals surface area contributed by atoms with Crippen LogP contribution in [0.25, 0.3) is 28.1 Å². The topological polar surface area (TPSA) is 84.1 Å². The molecule has 0 atom stereocenters. The van der Waals surface area contributed by atoms with Crippen LogP contribution in [0.3, 0.4) is 0 Å². The van der Waals surface area contributed by atoms with Gasteiger partial charge < -0.3 is 14.0 Å². The van der Waals surface area contributed by atoms with Crippen LogP contribution >= 0.6 is 0 Å². The zero-order chi connectivity index (χ0) is 24.8. The van der Waals surface area contributed by atoms with E-state index in [-0.39, 0.29) is 19.0 Å². The van der Waals surface area contributed by atoms with Gasteiger partial charge in [-0.3, -0.25) is 0 Å². The molecule has 0 aliphatic heterocycles. The van der Waals surface area contributed by atoms with E-state index in [9.17, 15) is 4.79 Å². The van der Waals surface area contributed by atoms with Gasteiger partial charge in [-0.05, 0) is 36.2 Å². The third-order valence-electron chi connectivity index (χ3n) is 5.49. The number of carbonyl (C=O) groups excluding carboxylic acids is 1. The van der Waals surface area contributed by atoms with E-state index >= 15 is 0 Å². The number of hydrogen-bond acceptors (Lipinski definition) is 6. The van der Waals surface area contributed by atoms with Crippen molar-refractivity contribution in [2.45, 2.75) is 39.3 Å². The van der Waals surface area contributed by atoms with Gasteiger partial charge in [0.25, 0.3) is 0 Å². The van der Waals surface area contributed by atoms with E-state index in [1.807, 2.05) is 35.0 Å². The van der Waals surface area contributed by atoms with Crippen molar-refractivity contribution >= 4 is 14.0 Å². The van der Waals surface area contributed by atoms with Crippen molar-refractivity contribution in [1.29, 1.82) is 0 Å². The second-order valence-electron chi connectivity index (χ2n) is 9.43. The van der Waals surface area contributed by atoms with Crippen molar-refractivity contribution in [1.82, 2.24) is 24.5 Å². The zero-order valence-corrected chi connectivity index (χ0v) is 21.6. The first kappa shape index (κ1) is 24.6. The Morgan fingerprint density at radius 1 is 0.943 bits per heavy atom. The minimum Gasteiger partial charge on any atom is -0.461 e. The molecule has 2 aromatic heterocycles. The quantitative estimate of drug-likeness (QED) is 0.171. The van der Waals surface area contributed by atoms with Crippen LogP contribution in [0.1, 0.15) is 17.4 Å². The Kier molecular flexibility index (Phi) is 7.57. The van der Waals surface area contributed by atoms with E-state index in [0.717, 1.165) is 28.4 Å². The summed E-state index contributed by atoms with van der Waals surface area (Å²) < 4.78 is 12.9. The van der Waals surface area contributed by atoms with Crippen LogP contribution in [0.15, 0.2) is 67.3 Å². The predicted octanol–water partition coefficient (Wildman–Crippen LogP) is 5.29. The van der Waals surface area contributed by atoms with Gasteiger partial charge in [-0.15, -0.1) is 5.10 Å². The number of benzene rings is 2. The smallest absolute Gasteiger partial charge is 0.361 e. The maximum absolute atomic E-state index is 12.6. The fourth-order valence-electron chi connectivity index (χ4n) is 3.52. The molecule has 0 radical (unpaired) electrons. The Morgan fingerprint density at radius 2 is 1.60 bits per heavy atom. The number of rotatable bonds is 10. The highest BCUT2D eigenvalue weighted by Gasteiger charge is 2.21. The molecule has 0 aliphatic carbocycles. The fraction of sp³-hybridized carbons (Fsp3) is 0.308. The minimum atomic E-state index is -1.19. The van der Waals surface area contributed by atoms with Gasteiger partial charge in [0.1, 0.15) is 5.69 Å². The number of esters is 1. The van der Waals surface area contributed by atoms with Crippen LogP contribution < -0.4 is 0 Å². The Balaban J connectivity index is 1.52. The molecular weight excluding hydrogens is 458 g/mol. The lowest BCUT2D eigenvalue weighted by atomic mass is 10.0. The molecule has 8 nitrogen and oxygen atoms in total. The first-order valence-corrected chi connectivity index (χ1v) is 15.4. The summed E-state index contributed by atoms with van der Waals surface area (Å²) in [4.78, 5) is 18.1. The molecule has 0 fully saturated rings. The van der Waals surface area contributed by atoms with Crippen LogP contribution in [0, 0.1) is 0 Å². The number of carbonyl (C=O) groups is 1. The fourth-order valence-corrected chi connectivity index (χ4v) is 4.28. The van der Waals surface area contributed by atoms with Gasteiger partial charge in [0.05, 0.1) is 12.9 Å². The monoisotopic (exact) mass is 489 g/mol. The van der Waals surface area contributed by atoms with Gasteiger partial charge in [-0.2, -0.15) is 9.90 Å². The number of nitrogens with zero attached hydrogens (tertiary/aromatic N) is 5. The first-order valence-electron chi connectivity index (χ1n) is 11.7. The molecule has 0 spiro atoms. The van der Waals surface area contributed by atoms with Crippen molar-refractivity contribution in [3.63, 3.8) is 0 Å². The van der Waals surface area contributed by atoms with Crippen molar-refractivity contribution in [3.05, 3.63) is 72.9 Å². The summed E-state index contributed by atoms with van der Waals surface area (Å²) in [5.41, 5.74) is 4.67. The summed E-state index contributed by atoms with van der Waals surface area (Å²) >= 11 is 0. The van der Waals surface area contributed by atoms with E-state index in [0.29, 0.717) is 12.3 Å². The number of hydrogen-bond donors (Lipinski definition) is 0. The highest BCUT2D eigenvalue weighted by atomic mass is 28.3. The van der Waals surface area contributed by atoms with Crippen molar-refractivity contribution in [2.75, 3.05) is 13.2 Å². The summed E-state index contributed by atoms with van der Waals surface area (Å²) in [6.07, 6.45) is 5.44. The van der Waals surface area contributed by atoms with Gasteiger partial charge in [-0.1, -0.05) is 56.0 Å². The van der Waals surface area contributed by atoms with E-state index in [1.54, 1.807) is 19.4 Å². The molecule has 0 N–H and O–H groups in total. The molecule has 182 valence electrons. The Bertz CT molecular complexity index is 1240. The Hall–Kier alpha value is -3.56. The van der Waals surface area contributed by atoms with Gasteiger partial charge in [-0.25, -0.2) is 9.78 Å². The standard InChI is InChI=1S/C26H31N5O3Si/c1-5-34-26(32)25-24(28-31(29-25)19-33-16-17-35(2,3)4)22-8-6-20(7-9-22)21-10-12-23(13-11-21)30-15-14-27-18-30/h6-15,18H,5,16-17,19H2,1-4H3. The second-order valence-corrected chi connectivity index (χ2v) is 15.1. The third-order valence-corrected chi connectivity index (χ3v) is 7.19. The zero-order valence-electron chi connectivity index (χ0n) is 20.6. The highest BCUT2D eigenvalue weighted by Crippen LogP contribution is 2.26. The van der Waals surface area contributed by atoms with Crippen LogP contribution in [0.4, 0.5) is 0 Å². The van der Waals surface area contributed by atoms with Crippen molar-refractivity contribution < 1.29 is 14.3 Å². The van der Waals surface area contributed by atoms with Crippen LogP contribution in [0.5, 0.6) is 0 Å². The van der Waals surface area contributed by atoms with Crippen molar-refractivity contribution in [2.24, 2.45) is 0 Å². The molecule has 0 bridgehead atoms. The lowest BCUT2D eigenvalue weighted by Gasteiger charge is -2.14. The van der Waals surface area contributed by atoms with E-state index in [4.69, 9.17) is 9.47 Å². The number of ether oxygens (including phenoxy) is 2. The lowest BCUT2D eigenvalue weighted by Crippen LogP contribution is -2.22. The van der Waals surface area contributed by atoms with Gasteiger partial charge >= 0.3 is 5.97 Å². The summed E-state index contributed by atoms with van der Waals surface area (Å²) in [6.45, 7) is 9.79. The van der Waals surface area contributed by atoms with Gasteiger partial charge in [0, 0.05) is 38.3 Å². The SMILES string of the molecule is CCOC(=O)c1nn(COCC[Si](C)(C)C)nc1-c1ccc(-c2ccc(-n3ccnc3)cc2)cc1. The molecule has 2 heterocycles. The molecule has 0 saturated heterocycles. The summed E-state index contributed by atoms with van der Waals surface area (Å²) in [7, 11) is -1.19. The Labute approximate surface area is 206 Å². The Morgan fingerprint density at radius 3 is 2.20 bits per heavy atom. The minimum absolute atomic E-state index is 0.193. The molecule has 4 aromatic rings. The lowest BCUT2D eigenvalue weighted by molar-refractivity contribution is 0.0507. The maximum atomic E-state index is 12.6. The molecule has 2 aromatic carbocycles. The molecule has 9 heteroatoms. The molecule has 0 saturated carbocycles. The van der Waals surface area contributed by atoms with Gasteiger partial charge in [0.15, 0.2) is 12.4 Å². The highest BCUT2D eigenvalue weighted by molar-refractivity contribution is 6.76. The van der Waals surface area contributed by atoms with Crippen LogP contribution in [-0.4, -0.2) is 51.8 Å². The molecule has 0 amide bonds. The van der Waals surface area contributed by atoms with E-state index in [2.05, 4.69) is 59.1 Å². The summed E-state index contributed by atoms with van der Waals surface area (Å²) in [5.74, 6) is -0.491. The second kappa shape index (κ2) is 10.8. The third kappa shape index (κ3) is 6.31. The number of imidazole rings is 1. The molecule has 4 rings (SSSR count). The molecular formula is C26H31N5O3Si. The largest absolute Gasteiger partial charge is 0.461 e. The molecule has 35 heavy (non-hydrogen) atoms. The van der Waals surface area contributed by atoms with E-state index < -0.39 is 14.0 Å². The normalized spacial score (nSPS) is 11.5. The number of aromatic nitrogens is 5. The van der Waals surface area contributed by atoms with E-state index in [1.165, 1.54) is 4.80 Å².